The number of carbonyl (C=O) groups excluding carboxylic acids is 1. The Morgan fingerprint density at radius 1 is 1.44 bits per heavy atom. The topological polar surface area (TPSA) is 55.1 Å². The van der Waals surface area contributed by atoms with E-state index in [0.717, 1.165) is 11.1 Å². The van der Waals surface area contributed by atoms with Gasteiger partial charge in [0.2, 0.25) is 5.91 Å². The molecule has 0 fully saturated rings. The number of halogens is 1. The highest BCUT2D eigenvalue weighted by atomic mass is 35.5. The van der Waals surface area contributed by atoms with Crippen LogP contribution in [0.1, 0.15) is 31.0 Å². The Morgan fingerprint density at radius 2 is 2.06 bits per heavy atom. The second-order valence-electron chi connectivity index (χ2n) is 4.16. The zero-order chi connectivity index (χ0) is 12.3. The number of rotatable bonds is 4. The van der Waals surface area contributed by atoms with Gasteiger partial charge in [-0.15, -0.1) is 0 Å². The van der Waals surface area contributed by atoms with Crippen molar-refractivity contribution in [3.8, 4) is 0 Å². The lowest BCUT2D eigenvalue weighted by molar-refractivity contribution is -0.120. The van der Waals surface area contributed by atoms with Crippen molar-refractivity contribution < 1.29 is 4.79 Å². The van der Waals surface area contributed by atoms with Gasteiger partial charge in [-0.05, 0) is 44.0 Å². The summed E-state index contributed by atoms with van der Waals surface area (Å²) in [6.07, 6.45) is 0. The van der Waals surface area contributed by atoms with Crippen molar-refractivity contribution in [3.63, 3.8) is 0 Å². The molecule has 0 aliphatic carbocycles. The number of aryl methyl sites for hydroxylation is 1. The Bertz CT molecular complexity index is 391. The van der Waals surface area contributed by atoms with Crippen LogP contribution in [-0.4, -0.2) is 11.9 Å². The van der Waals surface area contributed by atoms with Gasteiger partial charge in [0, 0.05) is 11.1 Å². The molecule has 1 amide bonds. The molecule has 0 aliphatic heterocycles. The third-order valence-electron chi connectivity index (χ3n) is 2.33. The van der Waals surface area contributed by atoms with E-state index in [1.807, 2.05) is 32.9 Å². The van der Waals surface area contributed by atoms with Crippen molar-refractivity contribution in [2.75, 3.05) is 0 Å². The third kappa shape index (κ3) is 3.22. The van der Waals surface area contributed by atoms with Crippen LogP contribution in [0.25, 0.3) is 0 Å². The molecule has 0 spiro atoms. The number of amides is 1. The monoisotopic (exact) mass is 240 g/mol. The predicted molar refractivity (Wildman–Crippen MR) is 66.4 cm³/mol. The van der Waals surface area contributed by atoms with Gasteiger partial charge in [-0.3, -0.25) is 10.1 Å². The normalized spacial score (nSPS) is 12.8. The second-order valence-corrected chi connectivity index (χ2v) is 4.59. The SMILES string of the molecule is Cc1cc(Cl)ccc1C(NC(C)C)C(N)=O. The lowest BCUT2D eigenvalue weighted by atomic mass is 10.0. The van der Waals surface area contributed by atoms with E-state index >= 15 is 0 Å². The zero-order valence-electron chi connectivity index (χ0n) is 9.75. The van der Waals surface area contributed by atoms with Gasteiger partial charge in [-0.2, -0.15) is 0 Å². The maximum atomic E-state index is 11.4. The molecule has 0 aliphatic rings. The fourth-order valence-corrected chi connectivity index (χ4v) is 1.85. The van der Waals surface area contributed by atoms with Gasteiger partial charge in [0.05, 0.1) is 0 Å². The molecule has 0 saturated carbocycles. The average molecular weight is 241 g/mol. The number of primary amides is 1. The van der Waals surface area contributed by atoms with Crippen molar-refractivity contribution in [1.29, 1.82) is 0 Å². The molecule has 0 aromatic heterocycles. The van der Waals surface area contributed by atoms with Gasteiger partial charge < -0.3 is 5.73 Å². The maximum absolute atomic E-state index is 11.4. The standard InChI is InChI=1S/C12H17ClN2O/c1-7(2)15-11(12(14)16)10-5-4-9(13)6-8(10)3/h4-7,11,15H,1-3H3,(H2,14,16). The largest absolute Gasteiger partial charge is 0.368 e. The number of carbonyl (C=O) groups is 1. The molecule has 0 radical (unpaired) electrons. The average Bonchev–Trinajstić information content (AvgIpc) is 2.14. The summed E-state index contributed by atoms with van der Waals surface area (Å²) < 4.78 is 0. The van der Waals surface area contributed by atoms with E-state index in [0.29, 0.717) is 5.02 Å². The molecule has 88 valence electrons. The first kappa shape index (κ1) is 13.0. The van der Waals surface area contributed by atoms with E-state index < -0.39 is 6.04 Å². The lowest BCUT2D eigenvalue weighted by Gasteiger charge is -2.20. The Morgan fingerprint density at radius 3 is 2.50 bits per heavy atom. The van der Waals surface area contributed by atoms with Crippen molar-refractivity contribution in [2.45, 2.75) is 32.9 Å². The Labute approximate surface area is 101 Å². The summed E-state index contributed by atoms with van der Waals surface area (Å²) in [6.45, 7) is 5.86. The zero-order valence-corrected chi connectivity index (χ0v) is 10.5. The summed E-state index contributed by atoms with van der Waals surface area (Å²) in [5.41, 5.74) is 7.23. The molecule has 1 atom stereocenters. The van der Waals surface area contributed by atoms with Crippen molar-refractivity contribution >= 4 is 17.5 Å². The van der Waals surface area contributed by atoms with Gasteiger partial charge >= 0.3 is 0 Å². The Kier molecular flexibility index (Phi) is 4.33. The van der Waals surface area contributed by atoms with Crippen LogP contribution in [-0.2, 0) is 4.79 Å². The van der Waals surface area contributed by atoms with Crippen LogP contribution in [0.3, 0.4) is 0 Å². The fourth-order valence-electron chi connectivity index (χ4n) is 1.62. The van der Waals surface area contributed by atoms with Crippen molar-refractivity contribution in [1.82, 2.24) is 5.32 Å². The van der Waals surface area contributed by atoms with Crippen LogP contribution >= 0.6 is 11.6 Å². The smallest absolute Gasteiger partial charge is 0.239 e. The number of hydrogen-bond acceptors (Lipinski definition) is 2. The van der Waals surface area contributed by atoms with E-state index in [1.54, 1.807) is 6.07 Å². The van der Waals surface area contributed by atoms with E-state index in [-0.39, 0.29) is 11.9 Å². The van der Waals surface area contributed by atoms with E-state index in [9.17, 15) is 4.79 Å². The summed E-state index contributed by atoms with van der Waals surface area (Å²) in [5, 5.41) is 3.80. The molecule has 4 heteroatoms. The van der Waals surface area contributed by atoms with Crippen molar-refractivity contribution in [2.24, 2.45) is 5.73 Å². The van der Waals surface area contributed by atoms with Gasteiger partial charge in [-0.1, -0.05) is 17.7 Å². The minimum atomic E-state index is -0.461. The van der Waals surface area contributed by atoms with Gasteiger partial charge in [-0.25, -0.2) is 0 Å². The number of benzene rings is 1. The van der Waals surface area contributed by atoms with Crippen LogP contribution in [0.4, 0.5) is 0 Å². The summed E-state index contributed by atoms with van der Waals surface area (Å²) in [7, 11) is 0. The molecule has 3 N–H and O–H groups in total. The van der Waals surface area contributed by atoms with Crippen LogP contribution in [0.15, 0.2) is 18.2 Å². The molecule has 1 aromatic rings. The highest BCUT2D eigenvalue weighted by Gasteiger charge is 2.20. The summed E-state index contributed by atoms with van der Waals surface area (Å²) in [5.74, 6) is -0.376. The number of hydrogen-bond donors (Lipinski definition) is 2. The van der Waals surface area contributed by atoms with Crippen LogP contribution in [0.5, 0.6) is 0 Å². The highest BCUT2D eigenvalue weighted by molar-refractivity contribution is 6.30. The highest BCUT2D eigenvalue weighted by Crippen LogP contribution is 2.21. The van der Waals surface area contributed by atoms with Crippen LogP contribution in [0.2, 0.25) is 5.02 Å². The molecule has 0 saturated heterocycles. The molecular formula is C12H17ClN2O. The van der Waals surface area contributed by atoms with Crippen LogP contribution < -0.4 is 11.1 Å². The molecule has 1 rings (SSSR count). The first-order valence-corrected chi connectivity index (χ1v) is 5.61. The molecule has 0 bridgehead atoms. The van der Waals surface area contributed by atoms with Gasteiger partial charge in [0.15, 0.2) is 0 Å². The molecular weight excluding hydrogens is 224 g/mol. The molecule has 16 heavy (non-hydrogen) atoms. The maximum Gasteiger partial charge on any atom is 0.239 e. The predicted octanol–water partition coefficient (Wildman–Crippen LogP) is 2.17. The number of nitrogens with one attached hydrogen (secondary N) is 1. The molecule has 3 nitrogen and oxygen atoms in total. The second kappa shape index (κ2) is 5.32. The number of nitrogens with two attached hydrogens (primary N) is 1. The molecule has 1 aromatic carbocycles. The summed E-state index contributed by atoms with van der Waals surface area (Å²) in [4.78, 5) is 11.4. The Hall–Kier alpha value is -1.06. The van der Waals surface area contributed by atoms with E-state index in [2.05, 4.69) is 5.32 Å². The van der Waals surface area contributed by atoms with Crippen molar-refractivity contribution in [3.05, 3.63) is 34.3 Å². The summed E-state index contributed by atoms with van der Waals surface area (Å²) >= 11 is 5.87. The molecule has 0 heterocycles. The Balaban J connectivity index is 3.06. The lowest BCUT2D eigenvalue weighted by Crippen LogP contribution is -2.37. The van der Waals surface area contributed by atoms with Gasteiger partial charge in [0.1, 0.15) is 6.04 Å². The minimum Gasteiger partial charge on any atom is -0.368 e. The fraction of sp³-hybridized carbons (Fsp3) is 0.417. The summed E-state index contributed by atoms with van der Waals surface area (Å²) in [6, 6.07) is 5.16. The van der Waals surface area contributed by atoms with E-state index in [1.165, 1.54) is 0 Å². The van der Waals surface area contributed by atoms with E-state index in [4.69, 9.17) is 17.3 Å². The minimum absolute atomic E-state index is 0.188. The molecule has 1 unspecified atom stereocenters. The third-order valence-corrected chi connectivity index (χ3v) is 2.56. The first-order chi connectivity index (χ1) is 7.41. The van der Waals surface area contributed by atoms with Gasteiger partial charge in [0.25, 0.3) is 0 Å². The van der Waals surface area contributed by atoms with Crippen LogP contribution in [0, 0.1) is 6.92 Å². The quantitative estimate of drug-likeness (QED) is 0.848. The first-order valence-electron chi connectivity index (χ1n) is 5.23.